The van der Waals surface area contributed by atoms with Gasteiger partial charge in [0.05, 0.1) is 0 Å². The molecule has 0 aliphatic heterocycles. The first-order chi connectivity index (χ1) is 9.86. The van der Waals surface area contributed by atoms with Gasteiger partial charge in [-0.15, -0.1) is 0 Å². The summed E-state index contributed by atoms with van der Waals surface area (Å²) < 4.78 is 1.74. The van der Waals surface area contributed by atoms with Gasteiger partial charge in [-0.1, -0.05) is 45.0 Å². The molecule has 0 bridgehead atoms. The highest BCUT2D eigenvalue weighted by Crippen LogP contribution is 2.23. The average molecular weight is 286 g/mol. The summed E-state index contributed by atoms with van der Waals surface area (Å²) in [5.74, 6) is 0.889. The molecule has 2 aromatic rings. The fraction of sp³-hybridized carbons (Fsp3) is 0.529. The van der Waals surface area contributed by atoms with Crippen molar-refractivity contribution in [3.05, 3.63) is 47.5 Å². The molecule has 0 saturated heterocycles. The third kappa shape index (κ3) is 4.39. The third-order valence-corrected chi connectivity index (χ3v) is 3.72. The van der Waals surface area contributed by atoms with Crippen molar-refractivity contribution < 1.29 is 0 Å². The lowest BCUT2D eigenvalue weighted by Gasteiger charge is -2.20. The molecule has 0 radical (unpaired) electrons. The van der Waals surface area contributed by atoms with Gasteiger partial charge in [-0.05, 0) is 23.5 Å². The van der Waals surface area contributed by atoms with Crippen molar-refractivity contribution in [1.29, 1.82) is 0 Å². The van der Waals surface area contributed by atoms with Crippen LogP contribution in [-0.2, 0) is 18.9 Å². The van der Waals surface area contributed by atoms with E-state index in [1.165, 1.54) is 11.1 Å². The summed E-state index contributed by atoms with van der Waals surface area (Å²) in [6.45, 7) is 9.79. The molecule has 114 valence electrons. The maximum Gasteiger partial charge on any atom is 0.151 e. The van der Waals surface area contributed by atoms with Gasteiger partial charge in [-0.25, -0.2) is 4.98 Å². The molecule has 4 heteroatoms. The van der Waals surface area contributed by atoms with Gasteiger partial charge in [0.1, 0.15) is 6.33 Å². The Bertz CT molecular complexity index is 563. The zero-order valence-corrected chi connectivity index (χ0v) is 13.7. The molecule has 1 unspecified atom stereocenters. The van der Waals surface area contributed by atoms with Gasteiger partial charge in [-0.2, -0.15) is 5.10 Å². The van der Waals surface area contributed by atoms with E-state index in [9.17, 15) is 0 Å². The van der Waals surface area contributed by atoms with Crippen LogP contribution in [0, 0.1) is 0 Å². The van der Waals surface area contributed by atoms with E-state index in [1.54, 1.807) is 11.0 Å². The lowest BCUT2D eigenvalue weighted by Crippen LogP contribution is -2.22. The van der Waals surface area contributed by atoms with Crippen LogP contribution in [-0.4, -0.2) is 21.3 Å². The fourth-order valence-electron chi connectivity index (χ4n) is 2.29. The molecular weight excluding hydrogens is 260 g/mol. The second-order valence-corrected chi connectivity index (χ2v) is 6.63. The number of hydrogen-bond acceptors (Lipinski definition) is 3. The van der Waals surface area contributed by atoms with Crippen LogP contribution < -0.4 is 5.32 Å². The smallest absolute Gasteiger partial charge is 0.151 e. The van der Waals surface area contributed by atoms with Crippen LogP contribution in [0.1, 0.15) is 50.7 Å². The Hall–Kier alpha value is -1.68. The first-order valence-corrected chi connectivity index (χ1v) is 7.54. The van der Waals surface area contributed by atoms with E-state index >= 15 is 0 Å². The van der Waals surface area contributed by atoms with Crippen LogP contribution in [0.15, 0.2) is 30.6 Å². The summed E-state index contributed by atoms with van der Waals surface area (Å²) in [6.07, 6.45) is 2.59. The number of rotatable bonds is 5. The highest BCUT2D eigenvalue weighted by molar-refractivity contribution is 5.29. The van der Waals surface area contributed by atoms with Gasteiger partial charge in [0.2, 0.25) is 0 Å². The SMILES string of the molecule is CC(NCCc1ncn(C)n1)c1ccc(C(C)(C)C)cc1. The van der Waals surface area contributed by atoms with E-state index in [0.29, 0.717) is 6.04 Å². The van der Waals surface area contributed by atoms with Crippen LogP contribution in [0.25, 0.3) is 0 Å². The Kier molecular flexibility index (Phi) is 4.78. The number of benzene rings is 1. The molecule has 0 fully saturated rings. The molecule has 0 aliphatic rings. The Morgan fingerprint density at radius 3 is 2.38 bits per heavy atom. The molecule has 1 atom stereocenters. The maximum atomic E-state index is 4.28. The predicted octanol–water partition coefficient (Wildman–Crippen LogP) is 3.01. The highest BCUT2D eigenvalue weighted by Gasteiger charge is 2.13. The van der Waals surface area contributed by atoms with Crippen LogP contribution in [0.4, 0.5) is 0 Å². The summed E-state index contributed by atoms with van der Waals surface area (Å²) in [5.41, 5.74) is 2.90. The number of hydrogen-bond donors (Lipinski definition) is 1. The standard InChI is InChI=1S/C17H26N4/c1-13(18-11-10-16-19-12-21(5)20-16)14-6-8-15(9-7-14)17(2,3)4/h6-9,12-13,18H,10-11H2,1-5H3. The van der Waals surface area contributed by atoms with Crippen LogP contribution >= 0.6 is 0 Å². The predicted molar refractivity (Wildman–Crippen MR) is 86.3 cm³/mol. The Morgan fingerprint density at radius 2 is 1.86 bits per heavy atom. The normalized spacial score (nSPS) is 13.4. The van der Waals surface area contributed by atoms with Gasteiger partial charge in [0.15, 0.2) is 5.82 Å². The largest absolute Gasteiger partial charge is 0.310 e. The first-order valence-electron chi connectivity index (χ1n) is 7.54. The molecule has 0 spiro atoms. The number of nitrogens with one attached hydrogen (secondary N) is 1. The van der Waals surface area contributed by atoms with E-state index in [0.717, 1.165) is 18.8 Å². The summed E-state index contributed by atoms with van der Waals surface area (Å²) >= 11 is 0. The molecule has 1 aromatic heterocycles. The molecule has 21 heavy (non-hydrogen) atoms. The summed E-state index contributed by atoms with van der Waals surface area (Å²) in [5, 5.41) is 7.81. The summed E-state index contributed by atoms with van der Waals surface area (Å²) in [4.78, 5) is 4.24. The Balaban J connectivity index is 1.87. The highest BCUT2D eigenvalue weighted by atomic mass is 15.3. The second-order valence-electron chi connectivity index (χ2n) is 6.63. The van der Waals surface area contributed by atoms with Crippen molar-refractivity contribution in [1.82, 2.24) is 20.1 Å². The molecular formula is C17H26N4. The van der Waals surface area contributed by atoms with Gasteiger partial charge in [0.25, 0.3) is 0 Å². The summed E-state index contributed by atoms with van der Waals surface area (Å²) in [7, 11) is 1.89. The van der Waals surface area contributed by atoms with Crippen molar-refractivity contribution in [2.24, 2.45) is 7.05 Å². The molecule has 1 heterocycles. The first kappa shape index (κ1) is 15.7. The Labute approximate surface area is 127 Å². The van der Waals surface area contributed by atoms with Crippen LogP contribution in [0.5, 0.6) is 0 Å². The Morgan fingerprint density at radius 1 is 1.19 bits per heavy atom. The van der Waals surface area contributed by atoms with E-state index < -0.39 is 0 Å². The minimum atomic E-state index is 0.208. The molecule has 1 N–H and O–H groups in total. The molecule has 0 saturated carbocycles. The lowest BCUT2D eigenvalue weighted by molar-refractivity contribution is 0.565. The quantitative estimate of drug-likeness (QED) is 0.919. The second kappa shape index (κ2) is 6.39. The van der Waals surface area contributed by atoms with Crippen LogP contribution in [0.3, 0.4) is 0 Å². The van der Waals surface area contributed by atoms with Crippen LogP contribution in [0.2, 0.25) is 0 Å². The lowest BCUT2D eigenvalue weighted by atomic mass is 9.86. The van der Waals surface area contributed by atoms with Crippen molar-refractivity contribution in [3.8, 4) is 0 Å². The molecule has 2 rings (SSSR count). The molecule has 1 aromatic carbocycles. The van der Waals surface area contributed by atoms with Crippen molar-refractivity contribution in [2.75, 3.05) is 6.54 Å². The minimum absolute atomic E-state index is 0.208. The minimum Gasteiger partial charge on any atom is -0.310 e. The van der Waals surface area contributed by atoms with E-state index in [4.69, 9.17) is 0 Å². The van der Waals surface area contributed by atoms with Gasteiger partial charge >= 0.3 is 0 Å². The monoisotopic (exact) mass is 286 g/mol. The fourth-order valence-corrected chi connectivity index (χ4v) is 2.29. The zero-order chi connectivity index (χ0) is 15.5. The van der Waals surface area contributed by atoms with Gasteiger partial charge in [0, 0.05) is 26.1 Å². The zero-order valence-electron chi connectivity index (χ0n) is 13.7. The third-order valence-electron chi connectivity index (χ3n) is 3.72. The van der Waals surface area contributed by atoms with Gasteiger partial charge < -0.3 is 5.32 Å². The number of aromatic nitrogens is 3. The molecule has 4 nitrogen and oxygen atoms in total. The molecule has 0 amide bonds. The average Bonchev–Trinajstić information content (AvgIpc) is 2.83. The summed E-state index contributed by atoms with van der Waals surface area (Å²) in [6, 6.07) is 9.23. The van der Waals surface area contributed by atoms with E-state index in [2.05, 4.69) is 67.4 Å². The number of aryl methyl sites for hydroxylation is 1. The number of nitrogens with zero attached hydrogens (tertiary/aromatic N) is 3. The van der Waals surface area contributed by atoms with Crippen molar-refractivity contribution >= 4 is 0 Å². The van der Waals surface area contributed by atoms with E-state index in [1.807, 2.05) is 7.05 Å². The van der Waals surface area contributed by atoms with E-state index in [-0.39, 0.29) is 5.41 Å². The topological polar surface area (TPSA) is 42.7 Å². The van der Waals surface area contributed by atoms with Crippen molar-refractivity contribution in [2.45, 2.75) is 45.6 Å². The maximum absolute atomic E-state index is 4.28. The van der Waals surface area contributed by atoms with Gasteiger partial charge in [-0.3, -0.25) is 4.68 Å². The van der Waals surface area contributed by atoms with Crippen molar-refractivity contribution in [3.63, 3.8) is 0 Å². The molecule has 0 aliphatic carbocycles.